The van der Waals surface area contributed by atoms with Crippen molar-refractivity contribution in [1.82, 2.24) is 5.32 Å². The van der Waals surface area contributed by atoms with Gasteiger partial charge in [-0.05, 0) is 29.8 Å². The van der Waals surface area contributed by atoms with Crippen molar-refractivity contribution in [3.8, 4) is 0 Å². The van der Waals surface area contributed by atoms with Crippen molar-refractivity contribution in [2.24, 2.45) is 5.92 Å². The Morgan fingerprint density at radius 1 is 1.04 bits per heavy atom. The van der Waals surface area contributed by atoms with Crippen LogP contribution >= 0.6 is 11.6 Å². The monoisotopic (exact) mass is 373 g/mol. The van der Waals surface area contributed by atoms with Gasteiger partial charge in [-0.3, -0.25) is 29.9 Å². The smallest absolute Gasteiger partial charge is 0.269 e. The van der Waals surface area contributed by atoms with Crippen molar-refractivity contribution >= 4 is 34.8 Å². The second-order valence-corrected chi connectivity index (χ2v) is 6.44. The summed E-state index contributed by atoms with van der Waals surface area (Å²) in [6, 6.07) is 12.0. The zero-order valence-corrected chi connectivity index (χ0v) is 13.9. The topological polar surface area (TPSA) is 102 Å². The minimum absolute atomic E-state index is 0.0609. The molecule has 2 aliphatic rings. The van der Waals surface area contributed by atoms with Crippen LogP contribution in [-0.2, 0) is 14.4 Å². The Morgan fingerprint density at radius 3 is 2.31 bits per heavy atom. The number of imide groups is 1. The molecule has 0 unspecified atom stereocenters. The normalized spacial score (nSPS) is 24.5. The molecule has 0 saturated carbocycles. The van der Waals surface area contributed by atoms with E-state index in [1.54, 1.807) is 36.4 Å². The van der Waals surface area contributed by atoms with Crippen LogP contribution in [0.4, 0.5) is 11.4 Å². The Balaban J connectivity index is 1.77. The van der Waals surface area contributed by atoms with Gasteiger partial charge in [0.15, 0.2) is 6.10 Å². The molecule has 26 heavy (non-hydrogen) atoms. The van der Waals surface area contributed by atoms with Gasteiger partial charge in [0.05, 0.1) is 16.7 Å². The lowest BCUT2D eigenvalue weighted by molar-refractivity contribution is -0.384. The van der Waals surface area contributed by atoms with Crippen LogP contribution in [0.25, 0.3) is 0 Å². The maximum atomic E-state index is 12.3. The summed E-state index contributed by atoms with van der Waals surface area (Å²) >= 11 is 5.92. The first kappa shape index (κ1) is 16.5. The number of carbonyl (C=O) groups excluding carboxylic acids is 2. The summed E-state index contributed by atoms with van der Waals surface area (Å²) in [6.45, 7) is 0. The van der Waals surface area contributed by atoms with Gasteiger partial charge in [0.2, 0.25) is 5.91 Å². The number of nitro groups is 1. The number of hydroxylamine groups is 1. The maximum Gasteiger partial charge on any atom is 0.269 e. The summed E-state index contributed by atoms with van der Waals surface area (Å²) < 4.78 is 0. The summed E-state index contributed by atoms with van der Waals surface area (Å²) in [5.74, 6) is -1.68. The van der Waals surface area contributed by atoms with E-state index in [1.165, 1.54) is 17.2 Å². The highest BCUT2D eigenvalue weighted by atomic mass is 35.5. The van der Waals surface area contributed by atoms with Gasteiger partial charge in [-0.25, -0.2) is 5.06 Å². The molecule has 8 nitrogen and oxygen atoms in total. The highest BCUT2D eigenvalue weighted by molar-refractivity contribution is 6.30. The van der Waals surface area contributed by atoms with Crippen LogP contribution in [-0.4, -0.2) is 22.8 Å². The molecule has 132 valence electrons. The number of fused-ring (bicyclic) bond motifs is 1. The molecule has 0 spiro atoms. The Hall–Kier alpha value is -2.97. The molecule has 2 fully saturated rings. The van der Waals surface area contributed by atoms with Gasteiger partial charge < -0.3 is 0 Å². The molecule has 2 aromatic carbocycles. The van der Waals surface area contributed by atoms with Crippen LogP contribution in [0, 0.1) is 16.0 Å². The van der Waals surface area contributed by atoms with E-state index in [-0.39, 0.29) is 5.69 Å². The molecule has 2 aliphatic heterocycles. The molecule has 3 atom stereocenters. The van der Waals surface area contributed by atoms with Gasteiger partial charge in [0, 0.05) is 17.2 Å². The van der Waals surface area contributed by atoms with Gasteiger partial charge in [0.1, 0.15) is 5.92 Å². The Morgan fingerprint density at radius 2 is 1.69 bits per heavy atom. The first-order valence-corrected chi connectivity index (χ1v) is 8.14. The number of carbonyl (C=O) groups is 2. The predicted octanol–water partition coefficient (Wildman–Crippen LogP) is 2.38. The van der Waals surface area contributed by atoms with Crippen LogP contribution in [0.15, 0.2) is 48.5 Å². The molecule has 9 heteroatoms. The quantitative estimate of drug-likeness (QED) is 0.503. The van der Waals surface area contributed by atoms with Crippen molar-refractivity contribution in [1.29, 1.82) is 0 Å². The molecule has 0 radical (unpaired) electrons. The lowest BCUT2D eigenvalue weighted by Gasteiger charge is -2.27. The third-order valence-electron chi connectivity index (χ3n) is 4.48. The number of nitro benzene ring substituents is 1. The van der Waals surface area contributed by atoms with Crippen LogP contribution in [0.1, 0.15) is 11.6 Å². The van der Waals surface area contributed by atoms with Crippen LogP contribution in [0.2, 0.25) is 5.02 Å². The molecular weight excluding hydrogens is 362 g/mol. The molecule has 2 heterocycles. The zero-order chi connectivity index (χ0) is 18.4. The van der Waals surface area contributed by atoms with Gasteiger partial charge in [-0.2, -0.15) is 0 Å². The van der Waals surface area contributed by atoms with Crippen molar-refractivity contribution < 1.29 is 19.3 Å². The summed E-state index contributed by atoms with van der Waals surface area (Å²) in [5.41, 5.74) is 1.19. The molecular formula is C17H12ClN3O5. The number of hydrogen-bond donors (Lipinski definition) is 1. The Bertz CT molecular complexity index is 900. The van der Waals surface area contributed by atoms with E-state index in [1.807, 2.05) is 0 Å². The van der Waals surface area contributed by atoms with Crippen molar-refractivity contribution in [3.63, 3.8) is 0 Å². The zero-order valence-electron chi connectivity index (χ0n) is 13.2. The Kier molecular flexibility index (Phi) is 3.86. The molecule has 2 saturated heterocycles. The fourth-order valence-electron chi connectivity index (χ4n) is 3.28. The van der Waals surface area contributed by atoms with E-state index in [4.69, 9.17) is 16.4 Å². The fourth-order valence-corrected chi connectivity index (χ4v) is 3.40. The van der Waals surface area contributed by atoms with E-state index in [0.717, 1.165) is 0 Å². The number of amides is 2. The number of hydrogen-bond acceptors (Lipinski definition) is 6. The van der Waals surface area contributed by atoms with E-state index in [2.05, 4.69) is 5.32 Å². The molecule has 2 amide bonds. The highest BCUT2D eigenvalue weighted by Crippen LogP contribution is 2.44. The summed E-state index contributed by atoms with van der Waals surface area (Å²) in [7, 11) is 0. The van der Waals surface area contributed by atoms with Gasteiger partial charge in [-0.15, -0.1) is 0 Å². The van der Waals surface area contributed by atoms with Crippen LogP contribution < -0.4 is 10.4 Å². The molecule has 0 aliphatic carbocycles. The molecule has 2 aromatic rings. The first-order valence-electron chi connectivity index (χ1n) is 7.76. The second-order valence-electron chi connectivity index (χ2n) is 6.00. The molecule has 1 N–H and O–H groups in total. The number of rotatable bonds is 3. The van der Waals surface area contributed by atoms with Crippen LogP contribution in [0.3, 0.4) is 0 Å². The third-order valence-corrected chi connectivity index (χ3v) is 4.73. The van der Waals surface area contributed by atoms with Crippen molar-refractivity contribution in [3.05, 3.63) is 69.2 Å². The van der Waals surface area contributed by atoms with E-state index in [9.17, 15) is 19.7 Å². The predicted molar refractivity (Wildman–Crippen MR) is 91.3 cm³/mol. The number of nitrogens with zero attached hydrogens (tertiary/aromatic N) is 2. The summed E-state index contributed by atoms with van der Waals surface area (Å²) in [4.78, 5) is 40.5. The average molecular weight is 374 g/mol. The summed E-state index contributed by atoms with van der Waals surface area (Å²) in [5, 5.41) is 15.2. The average Bonchev–Trinajstić information content (AvgIpc) is 3.14. The molecule has 0 bridgehead atoms. The van der Waals surface area contributed by atoms with Gasteiger partial charge >= 0.3 is 0 Å². The van der Waals surface area contributed by atoms with E-state index < -0.39 is 34.8 Å². The summed E-state index contributed by atoms with van der Waals surface area (Å²) in [6.07, 6.45) is -0.946. The van der Waals surface area contributed by atoms with Gasteiger partial charge in [0.25, 0.3) is 11.6 Å². The third kappa shape index (κ3) is 2.59. The lowest BCUT2D eigenvalue weighted by Crippen LogP contribution is -2.33. The van der Waals surface area contributed by atoms with E-state index in [0.29, 0.717) is 16.3 Å². The molecule has 4 rings (SSSR count). The number of nitrogens with one attached hydrogen (secondary N) is 1. The number of anilines is 1. The lowest BCUT2D eigenvalue weighted by atomic mass is 9.90. The molecule has 0 aromatic heterocycles. The van der Waals surface area contributed by atoms with Crippen molar-refractivity contribution in [2.75, 3.05) is 5.06 Å². The fraction of sp³-hybridized carbons (Fsp3) is 0.176. The largest absolute Gasteiger partial charge is 0.294 e. The van der Waals surface area contributed by atoms with Crippen LogP contribution in [0.5, 0.6) is 0 Å². The number of benzene rings is 2. The highest BCUT2D eigenvalue weighted by Gasteiger charge is 2.56. The first-order chi connectivity index (χ1) is 12.5. The number of halogens is 1. The minimum Gasteiger partial charge on any atom is -0.294 e. The van der Waals surface area contributed by atoms with Crippen molar-refractivity contribution in [2.45, 2.75) is 12.1 Å². The number of non-ortho nitro benzene ring substituents is 1. The minimum atomic E-state index is -0.946. The maximum absolute atomic E-state index is 12.3. The second kappa shape index (κ2) is 6.08. The Labute approximate surface area is 152 Å². The van der Waals surface area contributed by atoms with E-state index >= 15 is 0 Å². The van der Waals surface area contributed by atoms with Gasteiger partial charge in [-0.1, -0.05) is 23.7 Å². The SMILES string of the molecule is O=C1NC(=O)[C@H]2ON(c3ccc(Cl)cc3)[C@H](c3ccc([N+](=O)[O-])cc3)[C@H]12. The standard InChI is InChI=1S/C17H12ClN3O5/c18-10-3-7-11(8-4-10)20-14(9-1-5-12(6-2-9)21(24)25)13-15(26-20)17(23)19-16(13)22/h1-8,13-15H,(H,19,22,23)/t13-,14+,15-/m0/s1.